The molecule has 4 heteroatoms. The van der Waals surface area contributed by atoms with Crippen molar-refractivity contribution in [2.75, 3.05) is 11.9 Å². The fourth-order valence-corrected chi connectivity index (χ4v) is 1.88. The Morgan fingerprint density at radius 1 is 1.14 bits per heavy atom. The van der Waals surface area contributed by atoms with E-state index in [9.17, 15) is 9.18 Å². The Kier molecular flexibility index (Phi) is 4.93. The molecule has 0 spiro atoms. The van der Waals surface area contributed by atoms with E-state index in [0.29, 0.717) is 5.75 Å². The highest BCUT2D eigenvalue weighted by Gasteiger charge is 2.05. The van der Waals surface area contributed by atoms with Crippen LogP contribution < -0.4 is 10.1 Å². The van der Waals surface area contributed by atoms with Gasteiger partial charge < -0.3 is 10.1 Å². The maximum atomic E-state index is 12.7. The summed E-state index contributed by atoms with van der Waals surface area (Å²) in [6.45, 7) is 4.18. The molecular weight excluding hydrogens is 269 g/mol. The molecule has 21 heavy (non-hydrogen) atoms. The molecule has 2 aromatic rings. The standard InChI is InChI=1S/C17H18FNO2/c1-12-3-4-13(2)16(11-12)19-17(20)9-10-21-15-7-5-14(18)6-8-15/h3-8,11H,9-10H2,1-2H3,(H,19,20). The van der Waals surface area contributed by atoms with Gasteiger partial charge in [-0.2, -0.15) is 0 Å². The summed E-state index contributed by atoms with van der Waals surface area (Å²) >= 11 is 0. The number of ether oxygens (including phenoxy) is 1. The number of amides is 1. The van der Waals surface area contributed by atoms with Gasteiger partial charge in [0.25, 0.3) is 0 Å². The highest BCUT2D eigenvalue weighted by molar-refractivity contribution is 5.91. The van der Waals surface area contributed by atoms with E-state index in [1.165, 1.54) is 24.3 Å². The highest BCUT2D eigenvalue weighted by Crippen LogP contribution is 2.16. The van der Waals surface area contributed by atoms with Crippen molar-refractivity contribution >= 4 is 11.6 Å². The molecule has 0 aliphatic rings. The summed E-state index contributed by atoms with van der Waals surface area (Å²) < 4.78 is 18.1. The first kappa shape index (κ1) is 15.0. The number of hydrogen-bond acceptors (Lipinski definition) is 2. The molecule has 2 aromatic carbocycles. The lowest BCUT2D eigenvalue weighted by molar-refractivity contribution is -0.116. The van der Waals surface area contributed by atoms with Gasteiger partial charge in [-0.25, -0.2) is 4.39 Å². The summed E-state index contributed by atoms with van der Waals surface area (Å²) in [7, 11) is 0. The largest absolute Gasteiger partial charge is 0.493 e. The van der Waals surface area contributed by atoms with Crippen LogP contribution in [0.2, 0.25) is 0 Å². The zero-order valence-corrected chi connectivity index (χ0v) is 12.2. The normalized spacial score (nSPS) is 10.2. The smallest absolute Gasteiger partial charge is 0.227 e. The first-order chi connectivity index (χ1) is 10.0. The zero-order valence-electron chi connectivity index (χ0n) is 12.2. The maximum Gasteiger partial charge on any atom is 0.227 e. The van der Waals surface area contributed by atoms with E-state index in [4.69, 9.17) is 4.74 Å². The van der Waals surface area contributed by atoms with Crippen molar-refractivity contribution in [2.24, 2.45) is 0 Å². The number of aryl methyl sites for hydroxylation is 2. The minimum Gasteiger partial charge on any atom is -0.493 e. The van der Waals surface area contributed by atoms with Crippen molar-refractivity contribution in [3.63, 3.8) is 0 Å². The van der Waals surface area contributed by atoms with Crippen LogP contribution in [0.5, 0.6) is 5.75 Å². The first-order valence-corrected chi connectivity index (χ1v) is 6.80. The number of anilines is 1. The molecular formula is C17H18FNO2. The van der Waals surface area contributed by atoms with E-state index in [-0.39, 0.29) is 24.8 Å². The molecule has 0 aliphatic heterocycles. The molecule has 0 aromatic heterocycles. The van der Waals surface area contributed by atoms with Crippen molar-refractivity contribution in [3.05, 3.63) is 59.4 Å². The summed E-state index contributed by atoms with van der Waals surface area (Å²) in [4.78, 5) is 11.9. The molecule has 1 N–H and O–H groups in total. The fourth-order valence-electron chi connectivity index (χ4n) is 1.88. The van der Waals surface area contributed by atoms with Crippen LogP contribution in [0.3, 0.4) is 0 Å². The van der Waals surface area contributed by atoms with Gasteiger partial charge in [-0.1, -0.05) is 12.1 Å². The fraction of sp³-hybridized carbons (Fsp3) is 0.235. The molecule has 0 saturated carbocycles. The molecule has 0 unspecified atom stereocenters. The first-order valence-electron chi connectivity index (χ1n) is 6.80. The zero-order chi connectivity index (χ0) is 15.2. The van der Waals surface area contributed by atoms with Gasteiger partial charge in [-0.05, 0) is 55.3 Å². The molecule has 3 nitrogen and oxygen atoms in total. The predicted octanol–water partition coefficient (Wildman–Crippen LogP) is 3.85. The molecule has 0 heterocycles. The van der Waals surface area contributed by atoms with Crippen LogP contribution in [0.4, 0.5) is 10.1 Å². The average molecular weight is 287 g/mol. The Labute approximate surface area is 123 Å². The Balaban J connectivity index is 1.82. The molecule has 110 valence electrons. The second kappa shape index (κ2) is 6.88. The van der Waals surface area contributed by atoms with Gasteiger partial charge in [0.15, 0.2) is 0 Å². The van der Waals surface area contributed by atoms with Gasteiger partial charge in [0.2, 0.25) is 5.91 Å². The monoisotopic (exact) mass is 287 g/mol. The van der Waals surface area contributed by atoms with Gasteiger partial charge in [0.05, 0.1) is 13.0 Å². The third kappa shape index (κ3) is 4.60. The van der Waals surface area contributed by atoms with E-state index < -0.39 is 0 Å². The van der Waals surface area contributed by atoms with Gasteiger partial charge in [0, 0.05) is 5.69 Å². The minimum absolute atomic E-state index is 0.106. The molecule has 0 bridgehead atoms. The number of hydrogen-bond donors (Lipinski definition) is 1. The molecule has 0 aliphatic carbocycles. The van der Waals surface area contributed by atoms with E-state index in [1.54, 1.807) is 0 Å². The molecule has 2 rings (SSSR count). The number of carbonyl (C=O) groups is 1. The number of nitrogens with one attached hydrogen (secondary N) is 1. The summed E-state index contributed by atoms with van der Waals surface area (Å²) in [6, 6.07) is 11.6. The van der Waals surface area contributed by atoms with E-state index >= 15 is 0 Å². The third-order valence-electron chi connectivity index (χ3n) is 3.08. The van der Waals surface area contributed by atoms with E-state index in [0.717, 1.165) is 16.8 Å². The van der Waals surface area contributed by atoms with Gasteiger partial charge in [0.1, 0.15) is 11.6 Å². The summed E-state index contributed by atoms with van der Waals surface area (Å²) in [6.07, 6.45) is 0.241. The predicted molar refractivity (Wildman–Crippen MR) is 81.1 cm³/mol. The van der Waals surface area contributed by atoms with Crippen LogP contribution in [0, 0.1) is 19.7 Å². The van der Waals surface area contributed by atoms with Crippen LogP contribution in [0.1, 0.15) is 17.5 Å². The summed E-state index contributed by atoms with van der Waals surface area (Å²) in [5, 5.41) is 2.87. The van der Waals surface area contributed by atoms with Gasteiger partial charge >= 0.3 is 0 Å². The molecule has 1 amide bonds. The van der Waals surface area contributed by atoms with Crippen molar-refractivity contribution in [1.29, 1.82) is 0 Å². The lowest BCUT2D eigenvalue weighted by Gasteiger charge is -2.10. The maximum absolute atomic E-state index is 12.7. The lowest BCUT2D eigenvalue weighted by Crippen LogP contribution is -2.16. The number of halogens is 1. The van der Waals surface area contributed by atoms with Crippen molar-refractivity contribution in [1.82, 2.24) is 0 Å². The van der Waals surface area contributed by atoms with Crippen LogP contribution in [0.15, 0.2) is 42.5 Å². The Morgan fingerprint density at radius 2 is 1.86 bits per heavy atom. The van der Waals surface area contributed by atoms with E-state index in [2.05, 4.69) is 5.32 Å². The second-order valence-corrected chi connectivity index (χ2v) is 4.92. The van der Waals surface area contributed by atoms with Crippen LogP contribution in [-0.4, -0.2) is 12.5 Å². The Bertz CT molecular complexity index is 623. The molecule has 0 atom stereocenters. The third-order valence-corrected chi connectivity index (χ3v) is 3.08. The number of rotatable bonds is 5. The van der Waals surface area contributed by atoms with Crippen LogP contribution in [-0.2, 0) is 4.79 Å². The average Bonchev–Trinajstić information content (AvgIpc) is 2.45. The van der Waals surface area contributed by atoms with Crippen molar-refractivity contribution < 1.29 is 13.9 Å². The molecule has 0 saturated heterocycles. The van der Waals surface area contributed by atoms with Gasteiger partial charge in [-0.15, -0.1) is 0 Å². The SMILES string of the molecule is Cc1ccc(C)c(NC(=O)CCOc2ccc(F)cc2)c1. The van der Waals surface area contributed by atoms with Gasteiger partial charge in [-0.3, -0.25) is 4.79 Å². The Morgan fingerprint density at radius 3 is 2.57 bits per heavy atom. The Hall–Kier alpha value is -2.36. The highest BCUT2D eigenvalue weighted by atomic mass is 19.1. The van der Waals surface area contributed by atoms with Crippen molar-refractivity contribution in [2.45, 2.75) is 20.3 Å². The summed E-state index contributed by atoms with van der Waals surface area (Å²) in [5.74, 6) is 0.136. The number of benzene rings is 2. The topological polar surface area (TPSA) is 38.3 Å². The second-order valence-electron chi connectivity index (χ2n) is 4.92. The van der Waals surface area contributed by atoms with Crippen LogP contribution >= 0.6 is 0 Å². The van der Waals surface area contributed by atoms with Crippen LogP contribution in [0.25, 0.3) is 0 Å². The van der Waals surface area contributed by atoms with Crippen molar-refractivity contribution in [3.8, 4) is 5.75 Å². The quantitative estimate of drug-likeness (QED) is 0.907. The van der Waals surface area contributed by atoms with E-state index in [1.807, 2.05) is 32.0 Å². The molecule has 0 fully saturated rings. The summed E-state index contributed by atoms with van der Waals surface area (Å²) in [5.41, 5.74) is 2.94. The minimum atomic E-state index is -0.310. The number of carbonyl (C=O) groups excluding carboxylic acids is 1. The lowest BCUT2D eigenvalue weighted by atomic mass is 10.1. The molecule has 0 radical (unpaired) electrons.